The predicted octanol–water partition coefficient (Wildman–Crippen LogP) is 4.07. The van der Waals surface area contributed by atoms with Gasteiger partial charge in [-0.05, 0) is 43.9 Å². The number of allylic oxidation sites excluding steroid dienone is 1. The average Bonchev–Trinajstić information content (AvgIpc) is 2.35. The van der Waals surface area contributed by atoms with E-state index in [1.165, 1.54) is 6.42 Å². The summed E-state index contributed by atoms with van der Waals surface area (Å²) in [6.07, 6.45) is 6.37. The van der Waals surface area contributed by atoms with Gasteiger partial charge in [-0.25, -0.2) is 0 Å². The van der Waals surface area contributed by atoms with E-state index in [9.17, 15) is 5.11 Å². The zero-order valence-electron chi connectivity index (χ0n) is 9.99. The van der Waals surface area contributed by atoms with Crippen LogP contribution >= 0.6 is 15.9 Å². The largest absolute Gasteiger partial charge is 0.493 e. The van der Waals surface area contributed by atoms with Crippen LogP contribution in [0.2, 0.25) is 0 Å². The number of hydrogen-bond acceptors (Lipinski definition) is 2. The first-order valence-corrected chi connectivity index (χ1v) is 6.70. The third-order valence-corrected chi connectivity index (χ3v) is 3.00. The van der Waals surface area contributed by atoms with Crippen molar-refractivity contribution in [2.75, 3.05) is 6.61 Å². The Labute approximate surface area is 111 Å². The fourth-order valence-electron chi connectivity index (χ4n) is 1.56. The second-order valence-corrected chi connectivity index (χ2v) is 4.81. The quantitative estimate of drug-likeness (QED) is 0.579. The van der Waals surface area contributed by atoms with E-state index in [2.05, 4.69) is 22.5 Å². The highest BCUT2D eigenvalue weighted by Gasteiger charge is 2.03. The maximum absolute atomic E-state index is 9.20. The number of aliphatic hydroxyl groups excluding tert-OH is 1. The zero-order chi connectivity index (χ0) is 12.5. The Kier molecular flexibility index (Phi) is 6.97. The highest BCUT2D eigenvalue weighted by atomic mass is 79.9. The Balaban J connectivity index is 2.33. The van der Waals surface area contributed by atoms with Gasteiger partial charge in [-0.1, -0.05) is 22.0 Å². The number of halogens is 1. The maximum Gasteiger partial charge on any atom is 0.124 e. The normalized spacial score (nSPS) is 10.2. The molecular formula is C14H19BrO2. The molecule has 17 heavy (non-hydrogen) atoms. The van der Waals surface area contributed by atoms with E-state index in [1.807, 2.05) is 24.3 Å². The first kappa shape index (κ1) is 14.3. The number of benzene rings is 1. The topological polar surface area (TPSA) is 29.5 Å². The lowest BCUT2D eigenvalue weighted by molar-refractivity contribution is 0.260. The van der Waals surface area contributed by atoms with E-state index in [4.69, 9.17) is 4.74 Å². The van der Waals surface area contributed by atoms with Crippen molar-refractivity contribution in [3.8, 4) is 5.75 Å². The molecule has 0 spiro atoms. The molecule has 1 aromatic carbocycles. The van der Waals surface area contributed by atoms with E-state index in [0.717, 1.165) is 35.0 Å². The summed E-state index contributed by atoms with van der Waals surface area (Å²) in [7, 11) is 0. The summed E-state index contributed by atoms with van der Waals surface area (Å²) in [6.45, 7) is 4.40. The van der Waals surface area contributed by atoms with Crippen LogP contribution in [0.3, 0.4) is 0 Å². The lowest BCUT2D eigenvalue weighted by Crippen LogP contribution is -2.00. The molecule has 0 aliphatic rings. The molecule has 0 amide bonds. The average molecular weight is 299 g/mol. The highest BCUT2D eigenvalue weighted by Crippen LogP contribution is 2.23. The zero-order valence-corrected chi connectivity index (χ0v) is 11.6. The smallest absolute Gasteiger partial charge is 0.124 e. The molecule has 0 unspecified atom stereocenters. The highest BCUT2D eigenvalue weighted by molar-refractivity contribution is 9.10. The summed E-state index contributed by atoms with van der Waals surface area (Å²) in [6, 6.07) is 5.69. The van der Waals surface area contributed by atoms with Gasteiger partial charge in [-0.2, -0.15) is 0 Å². The van der Waals surface area contributed by atoms with Crippen LogP contribution in [-0.4, -0.2) is 11.7 Å². The van der Waals surface area contributed by atoms with Gasteiger partial charge >= 0.3 is 0 Å². The Morgan fingerprint density at radius 3 is 2.82 bits per heavy atom. The fraction of sp³-hybridized carbons (Fsp3) is 0.429. The minimum absolute atomic E-state index is 0.00520. The monoisotopic (exact) mass is 298 g/mol. The Morgan fingerprint density at radius 1 is 1.29 bits per heavy atom. The molecule has 0 aliphatic heterocycles. The molecule has 0 saturated heterocycles. The summed E-state index contributed by atoms with van der Waals surface area (Å²) in [5.74, 6) is 0.777. The SMILES string of the molecule is C=CCCCCCOc1ccc(Br)cc1CO. The maximum atomic E-state index is 9.20. The van der Waals surface area contributed by atoms with E-state index >= 15 is 0 Å². The Hall–Kier alpha value is -0.800. The minimum Gasteiger partial charge on any atom is -0.493 e. The second-order valence-electron chi connectivity index (χ2n) is 3.90. The molecule has 1 rings (SSSR count). The lowest BCUT2D eigenvalue weighted by Gasteiger charge is -2.10. The van der Waals surface area contributed by atoms with Gasteiger partial charge < -0.3 is 9.84 Å². The van der Waals surface area contributed by atoms with Gasteiger partial charge in [0.15, 0.2) is 0 Å². The van der Waals surface area contributed by atoms with Crippen LogP contribution in [0.25, 0.3) is 0 Å². The molecule has 0 heterocycles. The van der Waals surface area contributed by atoms with E-state index < -0.39 is 0 Å². The lowest BCUT2D eigenvalue weighted by atomic mass is 10.2. The first-order valence-electron chi connectivity index (χ1n) is 5.91. The van der Waals surface area contributed by atoms with Crippen molar-refractivity contribution < 1.29 is 9.84 Å². The number of ether oxygens (including phenoxy) is 1. The van der Waals surface area contributed by atoms with E-state index in [0.29, 0.717) is 6.61 Å². The van der Waals surface area contributed by atoms with Crippen LogP contribution in [-0.2, 0) is 6.61 Å². The second kappa shape index (κ2) is 8.31. The molecule has 0 fully saturated rings. The van der Waals surface area contributed by atoms with Gasteiger partial charge in [-0.15, -0.1) is 6.58 Å². The summed E-state index contributed by atoms with van der Waals surface area (Å²) in [4.78, 5) is 0. The van der Waals surface area contributed by atoms with Gasteiger partial charge in [0.25, 0.3) is 0 Å². The number of aliphatic hydroxyl groups is 1. The van der Waals surface area contributed by atoms with Crippen LogP contribution in [0.15, 0.2) is 35.3 Å². The van der Waals surface area contributed by atoms with Crippen molar-refractivity contribution >= 4 is 15.9 Å². The molecule has 0 radical (unpaired) electrons. The van der Waals surface area contributed by atoms with Crippen molar-refractivity contribution in [3.05, 3.63) is 40.9 Å². The van der Waals surface area contributed by atoms with Gasteiger partial charge in [0.1, 0.15) is 5.75 Å². The molecule has 2 nitrogen and oxygen atoms in total. The Morgan fingerprint density at radius 2 is 2.12 bits per heavy atom. The van der Waals surface area contributed by atoms with E-state index in [-0.39, 0.29) is 6.61 Å². The first-order chi connectivity index (χ1) is 8.27. The standard InChI is InChI=1S/C14H19BrO2/c1-2-3-4-5-6-9-17-14-8-7-13(15)10-12(14)11-16/h2,7-8,10,16H,1,3-6,9,11H2. The van der Waals surface area contributed by atoms with Crippen LogP contribution in [0.5, 0.6) is 5.75 Å². The van der Waals surface area contributed by atoms with Crippen molar-refractivity contribution in [2.45, 2.75) is 32.3 Å². The molecule has 0 atom stereocenters. The van der Waals surface area contributed by atoms with Crippen molar-refractivity contribution in [1.29, 1.82) is 0 Å². The summed E-state index contributed by atoms with van der Waals surface area (Å²) in [5, 5.41) is 9.20. The molecule has 0 saturated carbocycles. The summed E-state index contributed by atoms with van der Waals surface area (Å²) in [5.41, 5.74) is 0.825. The Bertz CT molecular complexity index is 350. The molecule has 1 N–H and O–H groups in total. The van der Waals surface area contributed by atoms with Crippen molar-refractivity contribution in [2.24, 2.45) is 0 Å². The van der Waals surface area contributed by atoms with E-state index in [1.54, 1.807) is 0 Å². The molecular weight excluding hydrogens is 280 g/mol. The van der Waals surface area contributed by atoms with Crippen molar-refractivity contribution in [1.82, 2.24) is 0 Å². The van der Waals surface area contributed by atoms with Crippen LogP contribution in [0.1, 0.15) is 31.2 Å². The van der Waals surface area contributed by atoms with Gasteiger partial charge in [0, 0.05) is 10.0 Å². The molecule has 0 bridgehead atoms. The van der Waals surface area contributed by atoms with Crippen LogP contribution < -0.4 is 4.74 Å². The third kappa shape index (κ3) is 5.37. The van der Waals surface area contributed by atoms with Gasteiger partial charge in [0.05, 0.1) is 13.2 Å². The molecule has 0 aliphatic carbocycles. The molecule has 0 aromatic heterocycles. The predicted molar refractivity (Wildman–Crippen MR) is 74.2 cm³/mol. The van der Waals surface area contributed by atoms with Crippen LogP contribution in [0, 0.1) is 0 Å². The molecule has 94 valence electrons. The number of rotatable bonds is 8. The number of hydrogen-bond donors (Lipinski definition) is 1. The van der Waals surface area contributed by atoms with Crippen molar-refractivity contribution in [3.63, 3.8) is 0 Å². The molecule has 3 heteroatoms. The third-order valence-electron chi connectivity index (χ3n) is 2.50. The molecule has 1 aromatic rings. The van der Waals surface area contributed by atoms with Gasteiger partial charge in [0.2, 0.25) is 0 Å². The van der Waals surface area contributed by atoms with Gasteiger partial charge in [-0.3, -0.25) is 0 Å². The minimum atomic E-state index is 0.00520. The summed E-state index contributed by atoms with van der Waals surface area (Å²) >= 11 is 3.37. The summed E-state index contributed by atoms with van der Waals surface area (Å²) < 4.78 is 6.61. The van der Waals surface area contributed by atoms with Crippen LogP contribution in [0.4, 0.5) is 0 Å². The number of unbranched alkanes of at least 4 members (excludes halogenated alkanes) is 3. The fourth-order valence-corrected chi connectivity index (χ4v) is 1.97.